The van der Waals surface area contributed by atoms with Gasteiger partial charge in [-0.3, -0.25) is 13.9 Å². The summed E-state index contributed by atoms with van der Waals surface area (Å²) in [7, 11) is -3.80. The predicted molar refractivity (Wildman–Crippen MR) is 141 cm³/mol. The van der Waals surface area contributed by atoms with Crippen molar-refractivity contribution in [1.29, 1.82) is 0 Å². The van der Waals surface area contributed by atoms with Crippen LogP contribution in [0.15, 0.2) is 66.7 Å². The standard InChI is InChI=1S/C27H33N3O4S/c1-19(2)28-27(32)21(4)29(17-23-13-7-6-11-20(23)3)26(31)18-30(35(5,33)34)25-16-10-14-22-12-8-9-15-24(22)25/h6-16,19,21H,17-18H2,1-5H3,(H,28,32). The number of aryl methyl sites for hydroxylation is 1. The number of amides is 2. The number of carbonyl (C=O) groups excluding carboxylic acids is 2. The van der Waals surface area contributed by atoms with Crippen LogP contribution in [0, 0.1) is 6.92 Å². The molecule has 1 N–H and O–H groups in total. The third-order valence-corrected chi connectivity index (χ3v) is 7.04. The molecule has 2 amide bonds. The molecule has 0 heterocycles. The molecule has 0 radical (unpaired) electrons. The Morgan fingerprint density at radius 2 is 1.54 bits per heavy atom. The van der Waals surface area contributed by atoms with Crippen LogP contribution < -0.4 is 9.62 Å². The minimum atomic E-state index is -3.80. The first-order valence-corrected chi connectivity index (χ1v) is 13.4. The second kappa shape index (κ2) is 10.9. The number of hydrogen-bond acceptors (Lipinski definition) is 4. The summed E-state index contributed by atoms with van der Waals surface area (Å²) in [5.41, 5.74) is 2.30. The molecule has 0 aliphatic rings. The van der Waals surface area contributed by atoms with Gasteiger partial charge in [0.25, 0.3) is 0 Å². The molecule has 35 heavy (non-hydrogen) atoms. The van der Waals surface area contributed by atoms with Crippen LogP contribution in [0.2, 0.25) is 0 Å². The molecule has 0 bridgehead atoms. The van der Waals surface area contributed by atoms with E-state index in [1.54, 1.807) is 19.1 Å². The molecular formula is C27H33N3O4S. The zero-order valence-electron chi connectivity index (χ0n) is 20.9. The molecule has 1 unspecified atom stereocenters. The summed E-state index contributed by atoms with van der Waals surface area (Å²) in [5, 5.41) is 4.45. The molecule has 1 atom stereocenters. The van der Waals surface area contributed by atoms with Gasteiger partial charge in [0.1, 0.15) is 12.6 Å². The first-order chi connectivity index (χ1) is 16.5. The average Bonchev–Trinajstić information content (AvgIpc) is 2.80. The lowest BCUT2D eigenvalue weighted by Crippen LogP contribution is -2.52. The molecule has 0 saturated carbocycles. The summed E-state index contributed by atoms with van der Waals surface area (Å²) < 4.78 is 26.9. The van der Waals surface area contributed by atoms with Gasteiger partial charge in [0.05, 0.1) is 11.9 Å². The fraction of sp³-hybridized carbons (Fsp3) is 0.333. The largest absolute Gasteiger partial charge is 0.352 e. The molecule has 8 heteroatoms. The topological polar surface area (TPSA) is 86.8 Å². The van der Waals surface area contributed by atoms with Gasteiger partial charge in [-0.1, -0.05) is 60.7 Å². The van der Waals surface area contributed by atoms with Gasteiger partial charge < -0.3 is 10.2 Å². The molecule has 0 fully saturated rings. The number of rotatable bonds is 9. The molecule has 0 aromatic heterocycles. The highest BCUT2D eigenvalue weighted by Crippen LogP contribution is 2.28. The number of fused-ring (bicyclic) bond motifs is 1. The summed E-state index contributed by atoms with van der Waals surface area (Å²) in [4.78, 5) is 28.0. The second-order valence-electron chi connectivity index (χ2n) is 9.06. The van der Waals surface area contributed by atoms with Crippen molar-refractivity contribution in [2.24, 2.45) is 0 Å². The van der Waals surface area contributed by atoms with Crippen LogP contribution >= 0.6 is 0 Å². The van der Waals surface area contributed by atoms with Gasteiger partial charge >= 0.3 is 0 Å². The van der Waals surface area contributed by atoms with Gasteiger partial charge in [-0.25, -0.2) is 8.42 Å². The highest BCUT2D eigenvalue weighted by Gasteiger charge is 2.31. The lowest BCUT2D eigenvalue weighted by molar-refractivity contribution is -0.139. The Kier molecular flexibility index (Phi) is 8.17. The molecule has 3 rings (SSSR count). The van der Waals surface area contributed by atoms with E-state index in [1.165, 1.54) is 4.90 Å². The van der Waals surface area contributed by atoms with Crippen LogP contribution in [-0.2, 0) is 26.2 Å². The fourth-order valence-corrected chi connectivity index (χ4v) is 4.84. The summed E-state index contributed by atoms with van der Waals surface area (Å²) in [6.07, 6.45) is 1.09. The van der Waals surface area contributed by atoms with Crippen LogP contribution in [0.5, 0.6) is 0 Å². The van der Waals surface area contributed by atoms with E-state index < -0.39 is 28.5 Å². The van der Waals surface area contributed by atoms with Gasteiger partial charge in [-0.05, 0) is 50.3 Å². The Morgan fingerprint density at radius 3 is 2.20 bits per heavy atom. The van der Waals surface area contributed by atoms with Crippen LogP contribution in [0.4, 0.5) is 5.69 Å². The maximum atomic E-state index is 13.7. The van der Waals surface area contributed by atoms with E-state index in [4.69, 9.17) is 0 Å². The molecule has 0 saturated heterocycles. The van der Waals surface area contributed by atoms with Crippen molar-refractivity contribution < 1.29 is 18.0 Å². The molecule has 3 aromatic rings. The highest BCUT2D eigenvalue weighted by atomic mass is 32.2. The highest BCUT2D eigenvalue weighted by molar-refractivity contribution is 7.92. The molecule has 0 aliphatic carbocycles. The van der Waals surface area contributed by atoms with Crippen LogP contribution in [-0.4, -0.2) is 50.0 Å². The SMILES string of the molecule is Cc1ccccc1CN(C(=O)CN(c1cccc2ccccc12)S(C)(=O)=O)C(C)C(=O)NC(C)C. The predicted octanol–water partition coefficient (Wildman–Crippen LogP) is 3.86. The average molecular weight is 496 g/mol. The zero-order valence-corrected chi connectivity index (χ0v) is 21.7. The van der Waals surface area contributed by atoms with E-state index in [0.717, 1.165) is 32.5 Å². The first kappa shape index (κ1) is 26.2. The maximum absolute atomic E-state index is 13.7. The summed E-state index contributed by atoms with van der Waals surface area (Å²) in [6.45, 7) is 7.07. The zero-order chi connectivity index (χ0) is 25.8. The quantitative estimate of drug-likeness (QED) is 0.488. The van der Waals surface area contributed by atoms with Gasteiger partial charge in [0, 0.05) is 18.0 Å². The molecule has 186 valence electrons. The van der Waals surface area contributed by atoms with E-state index in [-0.39, 0.29) is 18.5 Å². The van der Waals surface area contributed by atoms with Crippen LogP contribution in [0.25, 0.3) is 10.8 Å². The van der Waals surface area contributed by atoms with Crippen molar-refractivity contribution >= 4 is 38.3 Å². The van der Waals surface area contributed by atoms with Crippen molar-refractivity contribution in [3.63, 3.8) is 0 Å². The number of nitrogens with zero attached hydrogens (tertiary/aromatic N) is 2. The summed E-state index contributed by atoms with van der Waals surface area (Å²) in [5.74, 6) is -0.754. The van der Waals surface area contributed by atoms with E-state index in [0.29, 0.717) is 5.69 Å². The Labute approximate surface area is 207 Å². The number of hydrogen-bond donors (Lipinski definition) is 1. The van der Waals surface area contributed by atoms with Gasteiger partial charge in [0.15, 0.2) is 0 Å². The van der Waals surface area contributed by atoms with Gasteiger partial charge in [0.2, 0.25) is 21.8 Å². The van der Waals surface area contributed by atoms with Gasteiger partial charge in [-0.2, -0.15) is 0 Å². The number of benzene rings is 3. The number of anilines is 1. The molecule has 3 aromatic carbocycles. The monoisotopic (exact) mass is 495 g/mol. The lowest BCUT2D eigenvalue weighted by Gasteiger charge is -2.32. The minimum absolute atomic E-state index is 0.0939. The number of nitrogens with one attached hydrogen (secondary N) is 1. The Hall–Kier alpha value is -3.39. The maximum Gasteiger partial charge on any atom is 0.244 e. The third kappa shape index (κ3) is 6.39. The first-order valence-electron chi connectivity index (χ1n) is 11.6. The molecule has 0 spiro atoms. The normalized spacial score (nSPS) is 12.4. The Bertz CT molecular complexity index is 1320. The smallest absolute Gasteiger partial charge is 0.244 e. The Balaban J connectivity index is 2.01. The van der Waals surface area contributed by atoms with Crippen molar-refractivity contribution in [3.8, 4) is 0 Å². The van der Waals surface area contributed by atoms with Crippen LogP contribution in [0.1, 0.15) is 31.9 Å². The fourth-order valence-electron chi connectivity index (χ4n) is 3.98. The summed E-state index contributed by atoms with van der Waals surface area (Å²) in [6, 6.07) is 19.5. The van der Waals surface area contributed by atoms with Crippen molar-refractivity contribution in [2.45, 2.75) is 46.3 Å². The Morgan fingerprint density at radius 1 is 0.914 bits per heavy atom. The number of sulfonamides is 1. The summed E-state index contributed by atoms with van der Waals surface area (Å²) >= 11 is 0. The lowest BCUT2D eigenvalue weighted by atomic mass is 10.1. The molecule has 0 aliphatic heterocycles. The van der Waals surface area contributed by atoms with Crippen molar-refractivity contribution in [3.05, 3.63) is 77.9 Å². The third-order valence-electron chi connectivity index (χ3n) is 5.91. The molecular weight excluding hydrogens is 462 g/mol. The van der Waals surface area contributed by atoms with Gasteiger partial charge in [-0.15, -0.1) is 0 Å². The van der Waals surface area contributed by atoms with E-state index >= 15 is 0 Å². The molecule has 7 nitrogen and oxygen atoms in total. The van der Waals surface area contributed by atoms with Crippen LogP contribution in [0.3, 0.4) is 0 Å². The minimum Gasteiger partial charge on any atom is -0.352 e. The van der Waals surface area contributed by atoms with Crippen molar-refractivity contribution in [1.82, 2.24) is 10.2 Å². The van der Waals surface area contributed by atoms with E-state index in [2.05, 4.69) is 5.32 Å². The van der Waals surface area contributed by atoms with Crippen molar-refractivity contribution in [2.75, 3.05) is 17.1 Å². The van der Waals surface area contributed by atoms with E-state index in [9.17, 15) is 18.0 Å². The second-order valence-corrected chi connectivity index (χ2v) is 11.0. The number of carbonyl (C=O) groups is 2. The van der Waals surface area contributed by atoms with E-state index in [1.807, 2.05) is 75.4 Å².